The topological polar surface area (TPSA) is 140 Å². The minimum Gasteiger partial charge on any atom is -0.453 e. The summed E-state index contributed by atoms with van der Waals surface area (Å²) in [6, 6.07) is 2.04. The summed E-state index contributed by atoms with van der Waals surface area (Å²) in [7, 11) is -2.70. The highest BCUT2D eigenvalue weighted by Crippen LogP contribution is 2.41. The van der Waals surface area contributed by atoms with Gasteiger partial charge in [0.05, 0.1) is 23.6 Å². The van der Waals surface area contributed by atoms with Crippen LogP contribution >= 0.6 is 11.6 Å². The molecule has 38 heavy (non-hydrogen) atoms. The summed E-state index contributed by atoms with van der Waals surface area (Å²) >= 11 is 6.43. The van der Waals surface area contributed by atoms with Gasteiger partial charge in [0, 0.05) is 42.1 Å². The Morgan fingerprint density at radius 1 is 1.24 bits per heavy atom. The summed E-state index contributed by atoms with van der Waals surface area (Å²) in [5.41, 5.74) is 0.227. The molecule has 0 radical (unpaired) electrons. The second kappa shape index (κ2) is 11.9. The fourth-order valence-corrected chi connectivity index (χ4v) is 4.26. The van der Waals surface area contributed by atoms with Crippen LogP contribution in [-0.2, 0) is 14.8 Å². The predicted octanol–water partition coefficient (Wildman–Crippen LogP) is 4.44. The van der Waals surface area contributed by atoms with E-state index >= 15 is 0 Å². The molecule has 15 heteroatoms. The molecule has 11 nitrogen and oxygen atoms in total. The van der Waals surface area contributed by atoms with Gasteiger partial charge in [-0.2, -0.15) is 5.10 Å². The normalized spacial score (nSPS) is 12.3. The number of carbonyl (C=O) groups is 1. The van der Waals surface area contributed by atoms with Gasteiger partial charge < -0.3 is 15.4 Å². The number of ether oxygens (including phenoxy) is 1. The van der Waals surface area contributed by atoms with Gasteiger partial charge >= 0.3 is 6.09 Å². The largest absolute Gasteiger partial charge is 0.453 e. The molecule has 0 aliphatic heterocycles. The van der Waals surface area contributed by atoms with Crippen LogP contribution < -0.4 is 15.4 Å². The quantitative estimate of drug-likeness (QED) is 0.303. The maximum absolute atomic E-state index is 14.7. The van der Waals surface area contributed by atoms with E-state index in [9.17, 15) is 22.0 Å². The van der Waals surface area contributed by atoms with Crippen LogP contribution in [0.4, 0.5) is 25.2 Å². The standard InChI is InChI=1S/C23H28ClF2N7O4S/c1-6-38(35,36)32-21-18(24)14(9-16(25)19(21)26)20-15(11-33(31-20)12(2)3)17-7-8-27-22(30-17)28-10-13(4)29-23(34)37-5/h7-9,11-13,32H,6,10H2,1-5H3,(H,29,34)(H,27,28,30)/t13-/m0/s1. The van der Waals surface area contributed by atoms with E-state index in [2.05, 4.69) is 30.4 Å². The predicted molar refractivity (Wildman–Crippen MR) is 141 cm³/mol. The van der Waals surface area contributed by atoms with Gasteiger partial charge in [-0.05, 0) is 39.8 Å². The van der Waals surface area contributed by atoms with E-state index in [0.717, 1.165) is 6.07 Å². The lowest BCUT2D eigenvalue weighted by atomic mass is 10.0. The van der Waals surface area contributed by atoms with E-state index in [0.29, 0.717) is 11.3 Å². The Balaban J connectivity index is 2.07. The maximum atomic E-state index is 14.7. The van der Waals surface area contributed by atoms with Gasteiger partial charge in [-0.3, -0.25) is 9.40 Å². The summed E-state index contributed by atoms with van der Waals surface area (Å²) in [5.74, 6) is -2.87. The third-order valence-electron chi connectivity index (χ3n) is 5.36. The molecule has 0 aliphatic carbocycles. The summed E-state index contributed by atoms with van der Waals surface area (Å²) in [6.45, 7) is 7.14. The molecule has 2 aromatic heterocycles. The van der Waals surface area contributed by atoms with Crippen molar-refractivity contribution in [1.29, 1.82) is 0 Å². The van der Waals surface area contributed by atoms with Gasteiger partial charge in [-0.15, -0.1) is 0 Å². The van der Waals surface area contributed by atoms with Crippen LogP contribution in [0.2, 0.25) is 5.02 Å². The first-order valence-electron chi connectivity index (χ1n) is 11.6. The number of amides is 1. The number of anilines is 2. The van der Waals surface area contributed by atoms with Crippen LogP contribution in [0.3, 0.4) is 0 Å². The highest BCUT2D eigenvalue weighted by atomic mass is 35.5. The number of hydrogen-bond donors (Lipinski definition) is 3. The van der Waals surface area contributed by atoms with E-state index in [1.807, 2.05) is 18.6 Å². The third kappa shape index (κ3) is 6.67. The van der Waals surface area contributed by atoms with Gasteiger partial charge in [0.2, 0.25) is 16.0 Å². The Morgan fingerprint density at radius 2 is 1.95 bits per heavy atom. The highest BCUT2D eigenvalue weighted by molar-refractivity contribution is 7.92. The second-order valence-electron chi connectivity index (χ2n) is 8.56. The van der Waals surface area contributed by atoms with Crippen molar-refractivity contribution >= 4 is 39.4 Å². The molecule has 3 aromatic rings. The molecule has 0 bridgehead atoms. The number of carbonyl (C=O) groups excluding carboxylic acids is 1. The average Bonchev–Trinajstić information content (AvgIpc) is 3.33. The molecule has 0 unspecified atom stereocenters. The van der Waals surface area contributed by atoms with Gasteiger partial charge in [0.15, 0.2) is 11.6 Å². The van der Waals surface area contributed by atoms with Crippen molar-refractivity contribution in [2.24, 2.45) is 0 Å². The van der Waals surface area contributed by atoms with E-state index in [1.165, 1.54) is 20.2 Å². The zero-order valence-corrected chi connectivity index (χ0v) is 22.9. The summed E-state index contributed by atoms with van der Waals surface area (Å²) in [6.07, 6.45) is 2.58. The number of methoxy groups -OCH3 is 1. The van der Waals surface area contributed by atoms with E-state index in [1.54, 1.807) is 23.9 Å². The molecular weight excluding hydrogens is 544 g/mol. The molecule has 0 saturated carbocycles. The van der Waals surface area contributed by atoms with Crippen LogP contribution in [-0.4, -0.2) is 59.7 Å². The number of sulfonamides is 1. The molecule has 206 valence electrons. The molecule has 1 amide bonds. The van der Waals surface area contributed by atoms with E-state index < -0.39 is 33.4 Å². The van der Waals surface area contributed by atoms with Crippen molar-refractivity contribution < 1.29 is 26.7 Å². The first-order chi connectivity index (χ1) is 17.9. The maximum Gasteiger partial charge on any atom is 0.407 e. The second-order valence-corrected chi connectivity index (χ2v) is 11.0. The van der Waals surface area contributed by atoms with Crippen molar-refractivity contribution in [3.05, 3.63) is 41.2 Å². The zero-order valence-electron chi connectivity index (χ0n) is 21.3. The number of nitrogens with zero attached hydrogens (tertiary/aromatic N) is 4. The molecular formula is C23H28ClF2N7O4S. The highest BCUT2D eigenvalue weighted by Gasteiger charge is 2.26. The first-order valence-corrected chi connectivity index (χ1v) is 13.6. The number of aromatic nitrogens is 4. The molecule has 1 aromatic carbocycles. The zero-order chi connectivity index (χ0) is 28.2. The van der Waals surface area contributed by atoms with E-state index in [4.69, 9.17) is 11.6 Å². The van der Waals surface area contributed by atoms with Crippen molar-refractivity contribution in [2.45, 2.75) is 39.8 Å². The molecule has 0 saturated heterocycles. The van der Waals surface area contributed by atoms with E-state index in [-0.39, 0.29) is 46.6 Å². The summed E-state index contributed by atoms with van der Waals surface area (Å²) in [5, 5.41) is 9.78. The Hall–Kier alpha value is -3.52. The van der Waals surface area contributed by atoms with Crippen LogP contribution in [0.15, 0.2) is 24.5 Å². The number of nitrogens with one attached hydrogen (secondary N) is 3. The number of rotatable bonds is 10. The number of halogens is 3. The Bertz CT molecular complexity index is 1430. The summed E-state index contributed by atoms with van der Waals surface area (Å²) < 4.78 is 61.7. The average molecular weight is 572 g/mol. The molecule has 0 fully saturated rings. The Kier molecular flexibility index (Phi) is 9.09. The minimum atomic E-state index is -3.96. The van der Waals surface area contributed by atoms with Crippen molar-refractivity contribution in [2.75, 3.05) is 29.4 Å². The van der Waals surface area contributed by atoms with Crippen LogP contribution in [0.5, 0.6) is 0 Å². The summed E-state index contributed by atoms with van der Waals surface area (Å²) in [4.78, 5) is 20.1. The van der Waals surface area contributed by atoms with Gasteiger partial charge in [-0.25, -0.2) is 32.0 Å². The molecule has 2 heterocycles. The smallest absolute Gasteiger partial charge is 0.407 e. The van der Waals surface area contributed by atoms with Crippen LogP contribution in [0, 0.1) is 11.6 Å². The lowest BCUT2D eigenvalue weighted by molar-refractivity contribution is 0.168. The number of hydrogen-bond acceptors (Lipinski definition) is 8. The number of alkyl carbamates (subject to hydrolysis) is 1. The minimum absolute atomic E-state index is 0.0298. The van der Waals surface area contributed by atoms with Gasteiger partial charge in [-0.1, -0.05) is 11.6 Å². The first kappa shape index (κ1) is 29.0. The molecule has 3 rings (SSSR count). The lowest BCUT2D eigenvalue weighted by Gasteiger charge is -2.14. The van der Waals surface area contributed by atoms with Gasteiger partial charge in [0.25, 0.3) is 0 Å². The molecule has 3 N–H and O–H groups in total. The molecule has 0 spiro atoms. The molecule has 0 aliphatic rings. The van der Waals surface area contributed by atoms with Crippen LogP contribution in [0.25, 0.3) is 22.5 Å². The third-order valence-corrected chi connectivity index (χ3v) is 7.03. The SMILES string of the molecule is CCS(=O)(=O)Nc1c(F)c(F)cc(-c2nn(C(C)C)cc2-c2ccnc(NC[C@H](C)NC(=O)OC)n2)c1Cl. The fourth-order valence-electron chi connectivity index (χ4n) is 3.29. The van der Waals surface area contributed by atoms with Crippen LogP contribution in [0.1, 0.15) is 33.7 Å². The Labute approximate surface area is 224 Å². The van der Waals surface area contributed by atoms with Crippen molar-refractivity contribution in [3.63, 3.8) is 0 Å². The number of benzene rings is 1. The van der Waals surface area contributed by atoms with Crippen molar-refractivity contribution in [1.82, 2.24) is 25.1 Å². The monoisotopic (exact) mass is 571 g/mol. The van der Waals surface area contributed by atoms with Gasteiger partial charge in [0.1, 0.15) is 11.4 Å². The molecule has 1 atom stereocenters. The van der Waals surface area contributed by atoms with Crippen molar-refractivity contribution in [3.8, 4) is 22.5 Å². The Morgan fingerprint density at radius 3 is 2.58 bits per heavy atom. The lowest BCUT2D eigenvalue weighted by Crippen LogP contribution is -2.37. The fraction of sp³-hybridized carbons (Fsp3) is 0.391.